The van der Waals surface area contributed by atoms with Gasteiger partial charge >= 0.3 is 0 Å². The predicted octanol–water partition coefficient (Wildman–Crippen LogP) is 1.34. The maximum Gasteiger partial charge on any atom is 0.0619 e. The minimum atomic E-state index is 0.589. The van der Waals surface area contributed by atoms with Gasteiger partial charge in [-0.1, -0.05) is 13.8 Å². The molecule has 0 aromatic heterocycles. The van der Waals surface area contributed by atoms with Crippen molar-refractivity contribution in [2.75, 3.05) is 39.4 Å². The van der Waals surface area contributed by atoms with Crippen LogP contribution < -0.4 is 5.32 Å². The molecule has 0 spiro atoms. The van der Waals surface area contributed by atoms with Gasteiger partial charge in [0.1, 0.15) is 0 Å². The zero-order valence-corrected chi connectivity index (χ0v) is 10.5. The summed E-state index contributed by atoms with van der Waals surface area (Å²) < 4.78 is 5.41. The fourth-order valence-corrected chi connectivity index (χ4v) is 1.83. The van der Waals surface area contributed by atoms with Crippen molar-refractivity contribution in [1.29, 1.82) is 0 Å². The Bertz CT molecular complexity index is 162. The van der Waals surface area contributed by atoms with Gasteiger partial charge in [-0.2, -0.15) is 0 Å². The van der Waals surface area contributed by atoms with E-state index in [0.29, 0.717) is 6.04 Å². The molecule has 1 heterocycles. The molecule has 1 aliphatic heterocycles. The molecule has 1 atom stereocenters. The Morgan fingerprint density at radius 3 is 2.87 bits per heavy atom. The van der Waals surface area contributed by atoms with E-state index >= 15 is 0 Å². The van der Waals surface area contributed by atoms with E-state index in [0.717, 1.165) is 45.3 Å². The lowest BCUT2D eigenvalue weighted by atomic mass is 10.1. The van der Waals surface area contributed by atoms with Gasteiger partial charge in [-0.15, -0.1) is 0 Å². The summed E-state index contributed by atoms with van der Waals surface area (Å²) in [6.45, 7) is 13.1. The van der Waals surface area contributed by atoms with Crippen molar-refractivity contribution < 1.29 is 4.74 Å². The Morgan fingerprint density at radius 1 is 1.40 bits per heavy atom. The normalized spacial score (nSPS) is 23.6. The molecule has 3 heteroatoms. The molecule has 1 N–H and O–H groups in total. The Labute approximate surface area is 94.2 Å². The van der Waals surface area contributed by atoms with Gasteiger partial charge in [0.25, 0.3) is 0 Å². The van der Waals surface area contributed by atoms with Gasteiger partial charge < -0.3 is 10.1 Å². The molecule has 0 aromatic rings. The highest BCUT2D eigenvalue weighted by Crippen LogP contribution is 2.04. The molecule has 15 heavy (non-hydrogen) atoms. The summed E-state index contributed by atoms with van der Waals surface area (Å²) in [7, 11) is 0. The Balaban J connectivity index is 1.99. The summed E-state index contributed by atoms with van der Waals surface area (Å²) in [5.74, 6) is 0.805. The quantitative estimate of drug-likeness (QED) is 0.675. The van der Waals surface area contributed by atoms with Gasteiger partial charge in [0, 0.05) is 25.7 Å². The van der Waals surface area contributed by atoms with Crippen molar-refractivity contribution >= 4 is 0 Å². The monoisotopic (exact) mass is 214 g/mol. The molecule has 0 aliphatic carbocycles. The number of nitrogens with zero attached hydrogens (tertiary/aromatic N) is 1. The zero-order chi connectivity index (χ0) is 11.1. The largest absolute Gasteiger partial charge is 0.379 e. The number of hydrogen-bond donors (Lipinski definition) is 1. The molecular weight excluding hydrogens is 188 g/mol. The molecule has 3 nitrogen and oxygen atoms in total. The third-order valence-corrected chi connectivity index (χ3v) is 2.98. The van der Waals surface area contributed by atoms with Gasteiger partial charge in [0.15, 0.2) is 0 Å². The van der Waals surface area contributed by atoms with E-state index in [9.17, 15) is 0 Å². The lowest BCUT2D eigenvalue weighted by Crippen LogP contribution is -2.46. The number of rotatable bonds is 6. The molecule has 0 amide bonds. The van der Waals surface area contributed by atoms with Crippen molar-refractivity contribution in [3.05, 3.63) is 0 Å². The third-order valence-electron chi connectivity index (χ3n) is 2.98. The van der Waals surface area contributed by atoms with Crippen LogP contribution in [0.4, 0.5) is 0 Å². The highest BCUT2D eigenvalue weighted by Gasteiger charge is 2.17. The van der Waals surface area contributed by atoms with Crippen LogP contribution in [0.25, 0.3) is 0 Å². The number of morpholine rings is 1. The molecule has 1 fully saturated rings. The first-order valence-electron chi connectivity index (χ1n) is 6.22. The molecule has 1 aliphatic rings. The fraction of sp³-hybridized carbons (Fsp3) is 1.00. The van der Waals surface area contributed by atoms with Crippen LogP contribution in [0, 0.1) is 5.92 Å². The van der Waals surface area contributed by atoms with Crippen LogP contribution in [0.15, 0.2) is 0 Å². The average Bonchev–Trinajstić information content (AvgIpc) is 2.20. The van der Waals surface area contributed by atoms with Gasteiger partial charge in [0.05, 0.1) is 13.2 Å². The van der Waals surface area contributed by atoms with Crippen LogP contribution in [-0.2, 0) is 4.74 Å². The van der Waals surface area contributed by atoms with E-state index in [2.05, 4.69) is 31.0 Å². The maximum absolute atomic E-state index is 5.41. The van der Waals surface area contributed by atoms with Gasteiger partial charge in [-0.25, -0.2) is 0 Å². The SMILES string of the molecule is CC(C)CCNCCN1CCOCC1C. The average molecular weight is 214 g/mol. The van der Waals surface area contributed by atoms with E-state index < -0.39 is 0 Å². The molecule has 1 unspecified atom stereocenters. The number of hydrogen-bond acceptors (Lipinski definition) is 3. The lowest BCUT2D eigenvalue weighted by Gasteiger charge is -2.33. The van der Waals surface area contributed by atoms with Gasteiger partial charge in [-0.3, -0.25) is 4.90 Å². The second kappa shape index (κ2) is 7.20. The van der Waals surface area contributed by atoms with Crippen LogP contribution in [0.5, 0.6) is 0 Å². The summed E-state index contributed by atoms with van der Waals surface area (Å²) >= 11 is 0. The molecule has 0 radical (unpaired) electrons. The van der Waals surface area contributed by atoms with E-state index in [1.54, 1.807) is 0 Å². The van der Waals surface area contributed by atoms with E-state index in [4.69, 9.17) is 4.74 Å². The lowest BCUT2D eigenvalue weighted by molar-refractivity contribution is 0.000438. The standard InChI is InChI=1S/C12H26N2O/c1-11(2)4-5-13-6-7-14-8-9-15-10-12(14)3/h11-13H,4-10H2,1-3H3. The first-order valence-corrected chi connectivity index (χ1v) is 6.22. The Kier molecular flexibility index (Phi) is 6.22. The summed E-state index contributed by atoms with van der Waals surface area (Å²) in [5.41, 5.74) is 0. The highest BCUT2D eigenvalue weighted by atomic mass is 16.5. The van der Waals surface area contributed by atoms with Crippen LogP contribution in [0.2, 0.25) is 0 Å². The molecular formula is C12H26N2O. The number of nitrogens with one attached hydrogen (secondary N) is 1. The number of ether oxygens (including phenoxy) is 1. The van der Waals surface area contributed by atoms with E-state index in [-0.39, 0.29) is 0 Å². The van der Waals surface area contributed by atoms with Crippen LogP contribution in [0.3, 0.4) is 0 Å². The smallest absolute Gasteiger partial charge is 0.0619 e. The molecule has 0 aromatic carbocycles. The van der Waals surface area contributed by atoms with Crippen molar-refractivity contribution in [2.24, 2.45) is 5.92 Å². The van der Waals surface area contributed by atoms with Crippen molar-refractivity contribution in [3.63, 3.8) is 0 Å². The topological polar surface area (TPSA) is 24.5 Å². The molecule has 1 saturated heterocycles. The maximum atomic E-state index is 5.41. The fourth-order valence-electron chi connectivity index (χ4n) is 1.83. The van der Waals surface area contributed by atoms with Crippen LogP contribution >= 0.6 is 0 Å². The Morgan fingerprint density at radius 2 is 2.20 bits per heavy atom. The molecule has 90 valence electrons. The highest BCUT2D eigenvalue weighted by molar-refractivity contribution is 4.71. The van der Waals surface area contributed by atoms with E-state index in [1.165, 1.54) is 6.42 Å². The minimum Gasteiger partial charge on any atom is -0.379 e. The summed E-state index contributed by atoms with van der Waals surface area (Å²) in [4.78, 5) is 2.51. The van der Waals surface area contributed by atoms with Crippen LogP contribution in [-0.4, -0.2) is 50.3 Å². The van der Waals surface area contributed by atoms with Crippen molar-refractivity contribution in [1.82, 2.24) is 10.2 Å². The second-order valence-electron chi connectivity index (χ2n) is 4.89. The van der Waals surface area contributed by atoms with Gasteiger partial charge in [-0.05, 0) is 25.8 Å². The second-order valence-corrected chi connectivity index (χ2v) is 4.89. The van der Waals surface area contributed by atoms with Crippen LogP contribution in [0.1, 0.15) is 27.2 Å². The Hall–Kier alpha value is -0.120. The molecule has 0 saturated carbocycles. The summed E-state index contributed by atoms with van der Waals surface area (Å²) in [6, 6.07) is 0.589. The molecule has 1 rings (SSSR count). The van der Waals surface area contributed by atoms with E-state index in [1.807, 2.05) is 0 Å². The zero-order valence-electron chi connectivity index (χ0n) is 10.5. The predicted molar refractivity (Wildman–Crippen MR) is 64.2 cm³/mol. The van der Waals surface area contributed by atoms with Gasteiger partial charge in [0.2, 0.25) is 0 Å². The molecule has 0 bridgehead atoms. The first-order chi connectivity index (χ1) is 7.20. The first kappa shape index (κ1) is 12.9. The summed E-state index contributed by atoms with van der Waals surface area (Å²) in [6.07, 6.45) is 1.28. The van der Waals surface area contributed by atoms with Crippen molar-refractivity contribution in [2.45, 2.75) is 33.2 Å². The van der Waals surface area contributed by atoms with Crippen molar-refractivity contribution in [3.8, 4) is 0 Å². The third kappa shape index (κ3) is 5.50. The minimum absolute atomic E-state index is 0.589. The summed E-state index contributed by atoms with van der Waals surface area (Å²) in [5, 5.41) is 3.50.